The van der Waals surface area contributed by atoms with E-state index in [1.165, 1.54) is 11.3 Å². The van der Waals surface area contributed by atoms with Crippen molar-refractivity contribution in [2.75, 3.05) is 6.61 Å². The summed E-state index contributed by atoms with van der Waals surface area (Å²) < 4.78 is 1.97. The third-order valence-corrected chi connectivity index (χ3v) is 4.93. The molecule has 1 atom stereocenters. The van der Waals surface area contributed by atoms with E-state index < -0.39 is 0 Å². The number of rotatable bonds is 6. The number of aliphatic hydroxyl groups is 1. The maximum Gasteiger partial charge on any atom is 0.226 e. The second-order valence-electron chi connectivity index (χ2n) is 6.15. The van der Waals surface area contributed by atoms with E-state index in [0.717, 1.165) is 21.9 Å². The minimum absolute atomic E-state index is 0.0499. The lowest BCUT2D eigenvalue weighted by Gasteiger charge is -2.19. The van der Waals surface area contributed by atoms with Crippen LogP contribution in [-0.2, 0) is 11.2 Å². The summed E-state index contributed by atoms with van der Waals surface area (Å²) in [4.78, 5) is 17.8. The van der Waals surface area contributed by atoms with Crippen molar-refractivity contribution in [2.45, 2.75) is 26.3 Å². The molecule has 6 heteroatoms. The first-order valence-corrected chi connectivity index (χ1v) is 8.87. The Hall–Kier alpha value is -2.18. The third kappa shape index (κ3) is 3.49. The predicted molar refractivity (Wildman–Crippen MR) is 96.1 cm³/mol. The number of nitrogens with one attached hydrogen (secondary N) is 1. The predicted octanol–water partition coefficient (Wildman–Crippen LogP) is 2.74. The van der Waals surface area contributed by atoms with Crippen LogP contribution in [0, 0.1) is 5.92 Å². The number of hydrogen-bond acceptors (Lipinski definition) is 4. The van der Waals surface area contributed by atoms with Crippen molar-refractivity contribution in [3.63, 3.8) is 0 Å². The van der Waals surface area contributed by atoms with Gasteiger partial charge in [-0.3, -0.25) is 9.20 Å². The van der Waals surface area contributed by atoms with Gasteiger partial charge in [-0.15, -0.1) is 11.3 Å². The molecule has 0 unspecified atom stereocenters. The van der Waals surface area contributed by atoms with E-state index in [0.29, 0.717) is 0 Å². The molecule has 126 valence electrons. The van der Waals surface area contributed by atoms with E-state index in [-0.39, 0.29) is 30.9 Å². The number of hydrogen-bond donors (Lipinski definition) is 2. The molecule has 2 aromatic heterocycles. The molecule has 1 aromatic carbocycles. The standard InChI is InChI=1S/C18H21N3O2S/c1-12(2)16(10-22)19-17(23)8-14-11-24-18-20-15(9-21(14)18)13-6-4-3-5-7-13/h3-7,9,11-12,16,22H,8,10H2,1-2H3,(H,19,23)/t16-/m0/s1. The smallest absolute Gasteiger partial charge is 0.226 e. The van der Waals surface area contributed by atoms with Crippen LogP contribution < -0.4 is 5.32 Å². The molecule has 1 amide bonds. The van der Waals surface area contributed by atoms with Crippen LogP contribution >= 0.6 is 11.3 Å². The summed E-state index contributed by atoms with van der Waals surface area (Å²) in [6.07, 6.45) is 2.24. The Morgan fingerprint density at radius 1 is 1.33 bits per heavy atom. The normalized spacial score (nSPS) is 12.7. The van der Waals surface area contributed by atoms with Crippen molar-refractivity contribution < 1.29 is 9.90 Å². The van der Waals surface area contributed by atoms with Crippen LogP contribution in [0.15, 0.2) is 41.9 Å². The van der Waals surface area contributed by atoms with Gasteiger partial charge in [0.1, 0.15) is 0 Å². The molecule has 24 heavy (non-hydrogen) atoms. The van der Waals surface area contributed by atoms with Crippen LogP contribution in [0.3, 0.4) is 0 Å². The average Bonchev–Trinajstić information content (AvgIpc) is 3.15. The van der Waals surface area contributed by atoms with Gasteiger partial charge in [0.05, 0.1) is 24.8 Å². The van der Waals surface area contributed by atoms with E-state index in [9.17, 15) is 9.90 Å². The largest absolute Gasteiger partial charge is 0.394 e. The second kappa shape index (κ2) is 7.15. The number of imidazole rings is 1. The van der Waals surface area contributed by atoms with Crippen molar-refractivity contribution in [3.05, 3.63) is 47.6 Å². The highest BCUT2D eigenvalue weighted by Crippen LogP contribution is 2.23. The second-order valence-corrected chi connectivity index (χ2v) is 6.99. The van der Waals surface area contributed by atoms with E-state index in [4.69, 9.17) is 0 Å². The monoisotopic (exact) mass is 343 g/mol. The van der Waals surface area contributed by atoms with Crippen molar-refractivity contribution >= 4 is 22.2 Å². The lowest BCUT2D eigenvalue weighted by Crippen LogP contribution is -2.41. The molecule has 3 rings (SSSR count). The fraction of sp³-hybridized carbons (Fsp3) is 0.333. The number of amides is 1. The lowest BCUT2D eigenvalue weighted by atomic mass is 10.1. The SMILES string of the molecule is CC(C)[C@H](CO)NC(=O)Cc1csc2nc(-c3ccccc3)cn12. The van der Waals surface area contributed by atoms with Gasteiger partial charge in [-0.1, -0.05) is 44.2 Å². The molecule has 0 fully saturated rings. The number of aliphatic hydroxyl groups excluding tert-OH is 1. The number of nitrogens with zero attached hydrogens (tertiary/aromatic N) is 2. The Bertz CT molecular complexity index is 823. The van der Waals surface area contributed by atoms with Gasteiger partial charge in [0.15, 0.2) is 4.96 Å². The Labute approximate surface area is 145 Å². The molecule has 0 aliphatic heterocycles. The molecule has 0 saturated heterocycles. The molecule has 0 spiro atoms. The van der Waals surface area contributed by atoms with Crippen LogP contribution in [0.4, 0.5) is 0 Å². The third-order valence-electron chi connectivity index (χ3n) is 4.04. The first-order valence-electron chi connectivity index (χ1n) is 7.99. The van der Waals surface area contributed by atoms with Gasteiger partial charge < -0.3 is 10.4 Å². The van der Waals surface area contributed by atoms with E-state index in [1.807, 2.05) is 60.2 Å². The average molecular weight is 343 g/mol. The first-order chi connectivity index (χ1) is 11.6. The quantitative estimate of drug-likeness (QED) is 0.723. The van der Waals surface area contributed by atoms with Gasteiger partial charge in [-0.25, -0.2) is 4.98 Å². The summed E-state index contributed by atoms with van der Waals surface area (Å²) in [5.74, 6) is 0.108. The zero-order chi connectivity index (χ0) is 17.1. The fourth-order valence-corrected chi connectivity index (χ4v) is 3.42. The molecule has 0 bridgehead atoms. The van der Waals surface area contributed by atoms with Gasteiger partial charge >= 0.3 is 0 Å². The molecule has 0 saturated carbocycles. The van der Waals surface area contributed by atoms with E-state index in [2.05, 4.69) is 10.3 Å². The summed E-state index contributed by atoms with van der Waals surface area (Å²) in [5, 5.41) is 14.2. The minimum Gasteiger partial charge on any atom is -0.394 e. The number of aromatic nitrogens is 2. The minimum atomic E-state index is -0.214. The molecule has 0 aliphatic carbocycles. The zero-order valence-electron chi connectivity index (χ0n) is 13.8. The van der Waals surface area contributed by atoms with Gasteiger partial charge in [-0.05, 0) is 5.92 Å². The van der Waals surface area contributed by atoms with Crippen LogP contribution in [0.25, 0.3) is 16.2 Å². The van der Waals surface area contributed by atoms with Gasteiger partial charge in [0.25, 0.3) is 0 Å². The summed E-state index contributed by atoms with van der Waals surface area (Å²) in [5.41, 5.74) is 2.87. The summed E-state index contributed by atoms with van der Waals surface area (Å²) in [6, 6.07) is 9.77. The van der Waals surface area contributed by atoms with Crippen molar-refractivity contribution in [1.82, 2.24) is 14.7 Å². The Morgan fingerprint density at radius 2 is 2.08 bits per heavy atom. The summed E-state index contributed by atoms with van der Waals surface area (Å²) >= 11 is 1.52. The van der Waals surface area contributed by atoms with Gasteiger partial charge in [-0.2, -0.15) is 0 Å². The Kier molecular flexibility index (Phi) is 4.97. The molecular formula is C18H21N3O2S. The first kappa shape index (κ1) is 16.7. The van der Waals surface area contributed by atoms with Crippen LogP contribution in [0.1, 0.15) is 19.5 Å². The number of carbonyl (C=O) groups is 1. The highest BCUT2D eigenvalue weighted by atomic mass is 32.1. The fourth-order valence-electron chi connectivity index (χ4n) is 2.55. The van der Waals surface area contributed by atoms with Gasteiger partial charge in [0.2, 0.25) is 5.91 Å². The van der Waals surface area contributed by atoms with Crippen LogP contribution in [0.5, 0.6) is 0 Å². The van der Waals surface area contributed by atoms with Gasteiger partial charge in [0, 0.05) is 22.8 Å². The van der Waals surface area contributed by atoms with Crippen LogP contribution in [-0.4, -0.2) is 33.0 Å². The van der Waals surface area contributed by atoms with E-state index in [1.54, 1.807) is 0 Å². The highest BCUT2D eigenvalue weighted by Gasteiger charge is 2.17. The number of thiazole rings is 1. The van der Waals surface area contributed by atoms with Crippen LogP contribution in [0.2, 0.25) is 0 Å². The summed E-state index contributed by atoms with van der Waals surface area (Å²) in [7, 11) is 0. The zero-order valence-corrected chi connectivity index (χ0v) is 14.6. The maximum atomic E-state index is 12.3. The Balaban J connectivity index is 1.78. The Morgan fingerprint density at radius 3 is 2.75 bits per heavy atom. The topological polar surface area (TPSA) is 66.6 Å². The maximum absolute atomic E-state index is 12.3. The molecule has 0 radical (unpaired) electrons. The van der Waals surface area contributed by atoms with Crippen molar-refractivity contribution in [3.8, 4) is 11.3 Å². The number of carbonyl (C=O) groups excluding carboxylic acids is 1. The molecule has 0 aliphatic rings. The highest BCUT2D eigenvalue weighted by molar-refractivity contribution is 7.15. The van der Waals surface area contributed by atoms with E-state index >= 15 is 0 Å². The molecule has 5 nitrogen and oxygen atoms in total. The number of benzene rings is 1. The lowest BCUT2D eigenvalue weighted by molar-refractivity contribution is -0.121. The van der Waals surface area contributed by atoms with Crippen molar-refractivity contribution in [2.24, 2.45) is 5.92 Å². The number of fused-ring (bicyclic) bond motifs is 1. The molecule has 2 heterocycles. The molecule has 3 aromatic rings. The summed E-state index contributed by atoms with van der Waals surface area (Å²) in [6.45, 7) is 3.91. The molecule has 2 N–H and O–H groups in total. The van der Waals surface area contributed by atoms with Crippen molar-refractivity contribution in [1.29, 1.82) is 0 Å². The molecular weight excluding hydrogens is 322 g/mol.